The number of methoxy groups -OCH3 is 2. The third-order valence-electron chi connectivity index (χ3n) is 2.59. The van der Waals surface area contributed by atoms with E-state index in [1.165, 1.54) is 20.3 Å². The van der Waals surface area contributed by atoms with Crippen LogP contribution >= 0.6 is 0 Å². The highest BCUT2D eigenvalue weighted by Gasteiger charge is 2.12. The molecular formula is C14H14N4O4. The predicted octanol–water partition coefficient (Wildman–Crippen LogP) is 1.46. The van der Waals surface area contributed by atoms with Crippen LogP contribution in [0.15, 0.2) is 36.4 Å². The van der Waals surface area contributed by atoms with Gasteiger partial charge in [-0.2, -0.15) is 9.97 Å². The summed E-state index contributed by atoms with van der Waals surface area (Å²) in [6.45, 7) is 0. The van der Waals surface area contributed by atoms with Crippen LogP contribution in [-0.2, 0) is 0 Å². The first-order valence-electron chi connectivity index (χ1n) is 6.27. The van der Waals surface area contributed by atoms with Gasteiger partial charge >= 0.3 is 6.03 Å². The Morgan fingerprint density at radius 2 is 1.59 bits per heavy atom. The van der Waals surface area contributed by atoms with Crippen molar-refractivity contribution in [2.75, 3.05) is 19.5 Å². The number of nitrogens with zero attached hydrogens (tertiary/aromatic N) is 2. The molecule has 0 aliphatic carbocycles. The molecule has 8 nitrogen and oxygen atoms in total. The average molecular weight is 302 g/mol. The summed E-state index contributed by atoms with van der Waals surface area (Å²) in [6, 6.07) is 9.04. The van der Waals surface area contributed by atoms with E-state index in [2.05, 4.69) is 20.6 Å². The molecule has 2 rings (SSSR count). The van der Waals surface area contributed by atoms with Gasteiger partial charge in [0.2, 0.25) is 17.7 Å². The Morgan fingerprint density at radius 1 is 1.00 bits per heavy atom. The van der Waals surface area contributed by atoms with Gasteiger partial charge in [-0.1, -0.05) is 18.2 Å². The SMILES string of the molecule is COc1cc(OC)nc(NC(=O)NC(=O)c2ccccc2)n1. The van der Waals surface area contributed by atoms with Gasteiger partial charge in [0.15, 0.2) is 0 Å². The average Bonchev–Trinajstić information content (AvgIpc) is 2.55. The Morgan fingerprint density at radius 3 is 2.14 bits per heavy atom. The molecule has 0 spiro atoms. The summed E-state index contributed by atoms with van der Waals surface area (Å²) in [7, 11) is 2.84. The van der Waals surface area contributed by atoms with Crippen LogP contribution in [0, 0.1) is 0 Å². The first kappa shape index (κ1) is 15.2. The number of hydrogen-bond donors (Lipinski definition) is 2. The number of anilines is 1. The Kier molecular flexibility index (Phi) is 4.86. The Balaban J connectivity index is 2.04. The fraction of sp³-hybridized carbons (Fsp3) is 0.143. The maximum atomic E-state index is 11.8. The number of benzene rings is 1. The molecule has 1 heterocycles. The molecule has 3 amide bonds. The molecule has 0 fully saturated rings. The van der Waals surface area contributed by atoms with Gasteiger partial charge in [0.1, 0.15) is 0 Å². The lowest BCUT2D eigenvalue weighted by molar-refractivity contribution is 0.0967. The van der Waals surface area contributed by atoms with Crippen LogP contribution in [0.1, 0.15) is 10.4 Å². The van der Waals surface area contributed by atoms with Gasteiger partial charge in [0, 0.05) is 5.56 Å². The second-order valence-corrected chi connectivity index (χ2v) is 4.05. The standard InChI is InChI=1S/C14H14N4O4/c1-21-10-8-11(22-2)16-13(15-10)18-14(20)17-12(19)9-6-4-3-5-7-9/h3-8H,1-2H3,(H2,15,16,17,18,19,20). The second kappa shape index (κ2) is 7.02. The second-order valence-electron chi connectivity index (χ2n) is 4.05. The van der Waals surface area contributed by atoms with Gasteiger partial charge < -0.3 is 9.47 Å². The van der Waals surface area contributed by atoms with Crippen molar-refractivity contribution in [1.82, 2.24) is 15.3 Å². The maximum absolute atomic E-state index is 11.8. The van der Waals surface area contributed by atoms with Gasteiger partial charge in [0.05, 0.1) is 20.3 Å². The van der Waals surface area contributed by atoms with Crippen LogP contribution in [0.4, 0.5) is 10.7 Å². The fourth-order valence-electron chi connectivity index (χ4n) is 1.57. The quantitative estimate of drug-likeness (QED) is 0.886. The van der Waals surface area contributed by atoms with Crippen LogP contribution in [0.5, 0.6) is 11.8 Å². The summed E-state index contributed by atoms with van der Waals surface area (Å²) in [5.41, 5.74) is 0.363. The zero-order valence-electron chi connectivity index (χ0n) is 12.0. The number of amides is 3. The molecule has 22 heavy (non-hydrogen) atoms. The first-order valence-corrected chi connectivity index (χ1v) is 6.27. The lowest BCUT2D eigenvalue weighted by Gasteiger charge is -2.08. The van der Waals surface area contributed by atoms with E-state index < -0.39 is 11.9 Å². The highest BCUT2D eigenvalue weighted by atomic mass is 16.5. The van der Waals surface area contributed by atoms with E-state index in [1.807, 2.05) is 0 Å². The number of urea groups is 1. The summed E-state index contributed by atoms with van der Waals surface area (Å²) in [5, 5.41) is 4.51. The number of imide groups is 1. The number of hydrogen-bond acceptors (Lipinski definition) is 6. The summed E-state index contributed by atoms with van der Waals surface area (Å²) in [4.78, 5) is 31.5. The molecule has 114 valence electrons. The Bertz CT molecular complexity index is 654. The molecule has 2 aromatic rings. The normalized spacial score (nSPS) is 9.73. The predicted molar refractivity (Wildman–Crippen MR) is 78.1 cm³/mol. The van der Waals surface area contributed by atoms with Crippen molar-refractivity contribution in [3.63, 3.8) is 0 Å². The Labute approximate surface area is 126 Å². The minimum Gasteiger partial charge on any atom is -0.481 e. The molecule has 0 unspecified atom stereocenters. The summed E-state index contributed by atoms with van der Waals surface area (Å²) < 4.78 is 9.92. The summed E-state index contributed by atoms with van der Waals surface area (Å²) >= 11 is 0. The molecule has 0 bridgehead atoms. The highest BCUT2D eigenvalue weighted by molar-refractivity contribution is 6.07. The number of aromatic nitrogens is 2. The number of carbonyl (C=O) groups excluding carboxylic acids is 2. The van der Waals surface area contributed by atoms with Crippen molar-refractivity contribution in [2.24, 2.45) is 0 Å². The molecule has 1 aromatic heterocycles. The molecule has 2 N–H and O–H groups in total. The third-order valence-corrected chi connectivity index (χ3v) is 2.59. The molecule has 0 saturated heterocycles. The summed E-state index contributed by atoms with van der Waals surface area (Å²) in [6.07, 6.45) is 0. The minimum atomic E-state index is -0.760. The van der Waals surface area contributed by atoms with Gasteiger partial charge in [-0.05, 0) is 12.1 Å². The van der Waals surface area contributed by atoms with Crippen molar-refractivity contribution >= 4 is 17.9 Å². The van der Waals surface area contributed by atoms with Gasteiger partial charge in [0.25, 0.3) is 5.91 Å². The van der Waals surface area contributed by atoms with Gasteiger partial charge in [-0.25, -0.2) is 4.79 Å². The van der Waals surface area contributed by atoms with Crippen LogP contribution in [0.3, 0.4) is 0 Å². The van der Waals surface area contributed by atoms with Gasteiger partial charge in [-0.3, -0.25) is 15.4 Å². The van der Waals surface area contributed by atoms with Crippen molar-refractivity contribution in [2.45, 2.75) is 0 Å². The van der Waals surface area contributed by atoms with Crippen molar-refractivity contribution in [3.05, 3.63) is 42.0 Å². The molecule has 0 saturated carbocycles. The molecule has 0 atom stereocenters. The number of rotatable bonds is 4. The van der Waals surface area contributed by atoms with Crippen LogP contribution in [0.2, 0.25) is 0 Å². The van der Waals surface area contributed by atoms with Crippen LogP contribution in [0.25, 0.3) is 0 Å². The smallest absolute Gasteiger partial charge is 0.328 e. The van der Waals surface area contributed by atoms with Gasteiger partial charge in [-0.15, -0.1) is 0 Å². The monoisotopic (exact) mass is 302 g/mol. The van der Waals surface area contributed by atoms with E-state index in [-0.39, 0.29) is 17.7 Å². The summed E-state index contributed by atoms with van der Waals surface area (Å²) in [5.74, 6) is -0.143. The van der Waals surface area contributed by atoms with Crippen molar-refractivity contribution in [1.29, 1.82) is 0 Å². The molecule has 1 aromatic carbocycles. The molecule has 0 aliphatic rings. The minimum absolute atomic E-state index is 0.0467. The van der Waals surface area contributed by atoms with Crippen LogP contribution < -0.4 is 20.1 Å². The molecule has 8 heteroatoms. The van der Waals surface area contributed by atoms with Crippen molar-refractivity contribution in [3.8, 4) is 11.8 Å². The molecule has 0 aliphatic heterocycles. The van der Waals surface area contributed by atoms with E-state index in [0.29, 0.717) is 5.56 Å². The largest absolute Gasteiger partial charge is 0.481 e. The van der Waals surface area contributed by atoms with E-state index in [4.69, 9.17) is 9.47 Å². The zero-order chi connectivity index (χ0) is 15.9. The number of ether oxygens (including phenoxy) is 2. The van der Waals surface area contributed by atoms with E-state index in [9.17, 15) is 9.59 Å². The number of nitrogens with one attached hydrogen (secondary N) is 2. The topological polar surface area (TPSA) is 102 Å². The van der Waals surface area contributed by atoms with Crippen molar-refractivity contribution < 1.29 is 19.1 Å². The Hall–Kier alpha value is -3.16. The lowest BCUT2D eigenvalue weighted by atomic mass is 10.2. The van der Waals surface area contributed by atoms with E-state index in [1.54, 1.807) is 30.3 Å². The fourth-order valence-corrected chi connectivity index (χ4v) is 1.57. The van der Waals surface area contributed by atoms with E-state index >= 15 is 0 Å². The highest BCUT2D eigenvalue weighted by Crippen LogP contribution is 2.17. The number of carbonyl (C=O) groups is 2. The third kappa shape index (κ3) is 3.92. The van der Waals surface area contributed by atoms with E-state index in [0.717, 1.165) is 0 Å². The molecule has 0 radical (unpaired) electrons. The first-order chi connectivity index (χ1) is 10.6. The lowest BCUT2D eigenvalue weighted by Crippen LogP contribution is -2.34. The maximum Gasteiger partial charge on any atom is 0.328 e. The molecular weight excluding hydrogens is 288 g/mol. The van der Waals surface area contributed by atoms with Crippen LogP contribution in [-0.4, -0.2) is 36.1 Å². The zero-order valence-corrected chi connectivity index (χ0v) is 12.0.